The molecule has 0 aliphatic carbocycles. The molecule has 9 heteroatoms. The third-order valence-corrected chi connectivity index (χ3v) is 3.76. The van der Waals surface area contributed by atoms with Crippen LogP contribution in [0.2, 0.25) is 5.02 Å². The van der Waals surface area contributed by atoms with Gasteiger partial charge in [-0.3, -0.25) is 19.7 Å². The summed E-state index contributed by atoms with van der Waals surface area (Å²) < 4.78 is 0.606. The zero-order valence-electron chi connectivity index (χ0n) is 11.4. The van der Waals surface area contributed by atoms with Crippen molar-refractivity contribution in [3.8, 4) is 0 Å². The number of amides is 2. The van der Waals surface area contributed by atoms with Gasteiger partial charge in [0.15, 0.2) is 0 Å². The van der Waals surface area contributed by atoms with Gasteiger partial charge in [0.2, 0.25) is 0 Å². The molecule has 0 saturated heterocycles. The molecule has 0 heterocycles. The molecule has 0 radical (unpaired) electrons. The van der Waals surface area contributed by atoms with Gasteiger partial charge in [0.25, 0.3) is 5.69 Å². The highest BCUT2D eigenvalue weighted by atomic mass is 79.9. The quantitative estimate of drug-likeness (QED) is 0.468. The summed E-state index contributed by atoms with van der Waals surface area (Å²) in [5.41, 5.74) is 0.141. The van der Waals surface area contributed by atoms with E-state index in [1.807, 2.05) is 0 Å². The maximum Gasteiger partial charge on any atom is 0.314 e. The third-order valence-electron chi connectivity index (χ3n) is 2.74. The van der Waals surface area contributed by atoms with E-state index in [2.05, 4.69) is 26.6 Å². The molecule has 0 saturated carbocycles. The largest absolute Gasteiger partial charge is 0.317 e. The summed E-state index contributed by atoms with van der Waals surface area (Å²) >= 11 is 9.09. The van der Waals surface area contributed by atoms with Crippen LogP contribution in [0.1, 0.15) is 0 Å². The van der Waals surface area contributed by atoms with Crippen molar-refractivity contribution < 1.29 is 14.5 Å². The van der Waals surface area contributed by atoms with Gasteiger partial charge in [-0.2, -0.15) is 0 Å². The maximum absolute atomic E-state index is 11.9. The number of benzene rings is 2. The van der Waals surface area contributed by atoms with Gasteiger partial charge in [0.05, 0.1) is 21.3 Å². The summed E-state index contributed by atoms with van der Waals surface area (Å²) in [5, 5.41) is 15.5. The Kier molecular flexibility index (Phi) is 5.30. The van der Waals surface area contributed by atoms with Gasteiger partial charge >= 0.3 is 11.8 Å². The summed E-state index contributed by atoms with van der Waals surface area (Å²) in [6.07, 6.45) is 0. The zero-order valence-corrected chi connectivity index (χ0v) is 13.7. The molecule has 0 atom stereocenters. The van der Waals surface area contributed by atoms with Crippen LogP contribution in [0.25, 0.3) is 0 Å². The van der Waals surface area contributed by atoms with E-state index >= 15 is 0 Å². The second-order valence-electron chi connectivity index (χ2n) is 4.31. The number of halogens is 2. The highest BCUT2D eigenvalue weighted by molar-refractivity contribution is 9.10. The number of hydrogen-bond acceptors (Lipinski definition) is 4. The van der Waals surface area contributed by atoms with E-state index in [-0.39, 0.29) is 16.4 Å². The van der Waals surface area contributed by atoms with Crippen molar-refractivity contribution >= 4 is 56.4 Å². The smallest absolute Gasteiger partial charge is 0.314 e. The van der Waals surface area contributed by atoms with E-state index in [0.29, 0.717) is 10.2 Å². The van der Waals surface area contributed by atoms with Crippen molar-refractivity contribution in [2.45, 2.75) is 0 Å². The Morgan fingerprint density at radius 1 is 1.04 bits per heavy atom. The van der Waals surface area contributed by atoms with E-state index < -0.39 is 16.7 Å². The molecule has 7 nitrogen and oxygen atoms in total. The molecule has 0 fully saturated rings. The van der Waals surface area contributed by atoms with Crippen LogP contribution in [0.5, 0.6) is 0 Å². The minimum atomic E-state index is -0.997. The Hall–Kier alpha value is -2.45. The second kappa shape index (κ2) is 7.21. The standard InChI is InChI=1S/C14H9BrClN3O4/c15-9-3-1-2-4-11(9)17-13(20)14(21)18-12-7-8(19(22)23)5-6-10(12)16/h1-7H,(H,17,20)(H,18,21). The number of nitro groups is 1. The van der Waals surface area contributed by atoms with Gasteiger partial charge in [0, 0.05) is 16.6 Å². The lowest BCUT2D eigenvalue weighted by molar-refractivity contribution is -0.384. The minimum absolute atomic E-state index is 0.0202. The van der Waals surface area contributed by atoms with Gasteiger partial charge in [-0.15, -0.1) is 0 Å². The van der Waals surface area contributed by atoms with Gasteiger partial charge in [0.1, 0.15) is 0 Å². The Labute approximate surface area is 143 Å². The Morgan fingerprint density at radius 3 is 2.26 bits per heavy atom. The predicted molar refractivity (Wildman–Crippen MR) is 89.5 cm³/mol. The van der Waals surface area contributed by atoms with Gasteiger partial charge < -0.3 is 10.6 Å². The monoisotopic (exact) mass is 397 g/mol. The molecule has 0 unspecified atom stereocenters. The Bertz CT molecular complexity index is 797. The van der Waals surface area contributed by atoms with E-state index in [1.54, 1.807) is 24.3 Å². The molecule has 0 aromatic heterocycles. The summed E-state index contributed by atoms with van der Waals surface area (Å²) in [6.45, 7) is 0. The molecule has 118 valence electrons. The molecule has 23 heavy (non-hydrogen) atoms. The molecule has 0 spiro atoms. The number of rotatable bonds is 3. The first-order chi connectivity index (χ1) is 10.9. The first kappa shape index (κ1) is 16.9. The number of carbonyl (C=O) groups excluding carboxylic acids is 2. The number of nitrogens with one attached hydrogen (secondary N) is 2. The number of para-hydroxylation sites is 1. The average Bonchev–Trinajstić information content (AvgIpc) is 2.51. The first-order valence-electron chi connectivity index (χ1n) is 6.19. The molecule has 2 N–H and O–H groups in total. The molecule has 0 aliphatic rings. The van der Waals surface area contributed by atoms with Crippen molar-refractivity contribution in [1.29, 1.82) is 0 Å². The molecule has 0 aliphatic heterocycles. The molecular formula is C14H9BrClN3O4. The Balaban J connectivity index is 2.13. The normalized spacial score (nSPS) is 10.0. The van der Waals surface area contributed by atoms with Gasteiger partial charge in [-0.05, 0) is 34.1 Å². The van der Waals surface area contributed by atoms with E-state index in [1.165, 1.54) is 12.1 Å². The fourth-order valence-electron chi connectivity index (χ4n) is 1.64. The summed E-state index contributed by atoms with van der Waals surface area (Å²) in [7, 11) is 0. The van der Waals surface area contributed by atoms with Crippen molar-refractivity contribution in [2.75, 3.05) is 10.6 Å². The third kappa shape index (κ3) is 4.27. The predicted octanol–water partition coefficient (Wildman–Crippen LogP) is 3.59. The maximum atomic E-state index is 11.9. The number of nitro benzene ring substituents is 1. The first-order valence-corrected chi connectivity index (χ1v) is 7.36. The highest BCUT2D eigenvalue weighted by Gasteiger charge is 2.18. The SMILES string of the molecule is O=C(Nc1cc([N+](=O)[O-])ccc1Cl)C(=O)Nc1ccccc1Br. The molecule has 2 aromatic rings. The highest BCUT2D eigenvalue weighted by Crippen LogP contribution is 2.27. The van der Waals surface area contributed by atoms with Crippen molar-refractivity contribution in [3.05, 3.63) is 62.1 Å². The molecule has 2 amide bonds. The van der Waals surface area contributed by atoms with E-state index in [4.69, 9.17) is 11.6 Å². The van der Waals surface area contributed by atoms with Crippen molar-refractivity contribution in [3.63, 3.8) is 0 Å². The van der Waals surface area contributed by atoms with Crippen LogP contribution in [0.15, 0.2) is 46.9 Å². The average molecular weight is 399 g/mol. The van der Waals surface area contributed by atoms with Crippen molar-refractivity contribution in [2.24, 2.45) is 0 Å². The van der Waals surface area contributed by atoms with Crippen LogP contribution in [0, 0.1) is 10.1 Å². The lowest BCUT2D eigenvalue weighted by Crippen LogP contribution is -2.29. The van der Waals surface area contributed by atoms with Crippen LogP contribution < -0.4 is 10.6 Å². The van der Waals surface area contributed by atoms with Crippen molar-refractivity contribution in [1.82, 2.24) is 0 Å². The van der Waals surface area contributed by atoms with Crippen LogP contribution in [0.3, 0.4) is 0 Å². The van der Waals surface area contributed by atoms with Crippen LogP contribution in [-0.4, -0.2) is 16.7 Å². The Morgan fingerprint density at radius 2 is 1.65 bits per heavy atom. The van der Waals surface area contributed by atoms with Gasteiger partial charge in [-0.25, -0.2) is 0 Å². The fraction of sp³-hybridized carbons (Fsp3) is 0. The number of anilines is 2. The second-order valence-corrected chi connectivity index (χ2v) is 5.57. The number of non-ortho nitro benzene ring substituents is 1. The summed E-state index contributed by atoms with van der Waals surface area (Å²) in [6, 6.07) is 10.3. The number of nitrogens with zero attached hydrogens (tertiary/aromatic N) is 1. The summed E-state index contributed by atoms with van der Waals surface area (Å²) in [5.74, 6) is -1.93. The van der Waals surface area contributed by atoms with Crippen LogP contribution >= 0.6 is 27.5 Å². The van der Waals surface area contributed by atoms with E-state index in [0.717, 1.165) is 6.07 Å². The minimum Gasteiger partial charge on any atom is -0.317 e. The van der Waals surface area contributed by atoms with E-state index in [9.17, 15) is 19.7 Å². The molecule has 2 aromatic carbocycles. The lowest BCUT2D eigenvalue weighted by Gasteiger charge is -2.09. The van der Waals surface area contributed by atoms with Gasteiger partial charge in [-0.1, -0.05) is 23.7 Å². The zero-order chi connectivity index (χ0) is 17.0. The van der Waals surface area contributed by atoms with Crippen LogP contribution in [-0.2, 0) is 9.59 Å². The molecule has 0 bridgehead atoms. The molecule has 2 rings (SSSR count). The van der Waals surface area contributed by atoms with Crippen LogP contribution in [0.4, 0.5) is 17.1 Å². The number of carbonyl (C=O) groups is 2. The lowest BCUT2D eigenvalue weighted by atomic mass is 10.2. The number of hydrogen-bond donors (Lipinski definition) is 2. The topological polar surface area (TPSA) is 101 Å². The summed E-state index contributed by atoms with van der Waals surface area (Å²) in [4.78, 5) is 33.9. The molecular weight excluding hydrogens is 390 g/mol. The fourth-order valence-corrected chi connectivity index (χ4v) is 2.19.